The number of hydrogen-bond donors (Lipinski definition) is 1. The summed E-state index contributed by atoms with van der Waals surface area (Å²) in [7, 11) is 0. The molecule has 0 spiro atoms. The smallest absolute Gasteiger partial charge is 0.265 e. The maximum atomic E-state index is 12.1. The van der Waals surface area contributed by atoms with Gasteiger partial charge < -0.3 is 10.1 Å². The fraction of sp³-hybridized carbons (Fsp3) is 0.188. The van der Waals surface area contributed by atoms with Crippen LogP contribution in [0.3, 0.4) is 0 Å². The number of hydrogen-bond acceptors (Lipinski definition) is 2. The van der Waals surface area contributed by atoms with Gasteiger partial charge in [0.25, 0.3) is 5.91 Å². The number of benzene rings is 2. The Balaban J connectivity index is 2.02. The molecule has 1 amide bonds. The topological polar surface area (TPSA) is 38.3 Å². The Kier molecular flexibility index (Phi) is 5.10. The van der Waals surface area contributed by atoms with Gasteiger partial charge in [-0.15, -0.1) is 0 Å². The summed E-state index contributed by atoms with van der Waals surface area (Å²) < 4.78 is 5.66. The van der Waals surface area contributed by atoms with Gasteiger partial charge in [-0.2, -0.15) is 0 Å². The number of carbonyl (C=O) groups is 1. The monoisotopic (exact) mass is 323 g/mol. The van der Waals surface area contributed by atoms with Gasteiger partial charge in [-0.05, 0) is 43.7 Å². The number of amides is 1. The third-order valence-corrected chi connectivity index (χ3v) is 3.69. The van der Waals surface area contributed by atoms with Gasteiger partial charge in [0, 0.05) is 5.69 Å². The summed E-state index contributed by atoms with van der Waals surface area (Å²) in [5, 5.41) is 3.58. The molecule has 3 nitrogen and oxygen atoms in total. The molecule has 1 N–H and O–H groups in total. The van der Waals surface area contributed by atoms with E-state index in [0.717, 1.165) is 5.56 Å². The number of carbonyl (C=O) groups excluding carboxylic acids is 1. The Bertz CT molecular complexity index is 658. The molecule has 2 rings (SSSR count). The summed E-state index contributed by atoms with van der Waals surface area (Å²) in [5.41, 5.74) is 1.56. The van der Waals surface area contributed by atoms with E-state index < -0.39 is 6.10 Å². The van der Waals surface area contributed by atoms with Crippen molar-refractivity contribution in [2.75, 3.05) is 5.32 Å². The van der Waals surface area contributed by atoms with E-state index in [1.807, 2.05) is 31.2 Å². The van der Waals surface area contributed by atoms with E-state index in [2.05, 4.69) is 5.32 Å². The van der Waals surface area contributed by atoms with Crippen LogP contribution < -0.4 is 10.1 Å². The second-order valence-corrected chi connectivity index (χ2v) is 5.46. The normalized spacial score (nSPS) is 11.8. The van der Waals surface area contributed by atoms with Crippen LogP contribution in [0.2, 0.25) is 10.0 Å². The molecule has 0 aliphatic rings. The lowest BCUT2D eigenvalue weighted by Gasteiger charge is -2.16. The van der Waals surface area contributed by atoms with E-state index in [9.17, 15) is 4.79 Å². The number of ether oxygens (including phenoxy) is 1. The van der Waals surface area contributed by atoms with Crippen molar-refractivity contribution in [3.63, 3.8) is 0 Å². The highest BCUT2D eigenvalue weighted by Gasteiger charge is 2.16. The van der Waals surface area contributed by atoms with Crippen LogP contribution in [0.15, 0.2) is 42.5 Å². The summed E-state index contributed by atoms with van der Waals surface area (Å²) in [6, 6.07) is 12.5. The van der Waals surface area contributed by atoms with Gasteiger partial charge in [0.1, 0.15) is 5.75 Å². The molecule has 2 aromatic carbocycles. The molecular weight excluding hydrogens is 309 g/mol. The van der Waals surface area contributed by atoms with Crippen molar-refractivity contribution in [2.45, 2.75) is 20.0 Å². The van der Waals surface area contributed by atoms with Crippen LogP contribution in [0.5, 0.6) is 5.75 Å². The van der Waals surface area contributed by atoms with Gasteiger partial charge in [0.05, 0.1) is 10.0 Å². The van der Waals surface area contributed by atoms with Gasteiger partial charge in [0.15, 0.2) is 6.10 Å². The highest BCUT2D eigenvalue weighted by Crippen LogP contribution is 2.25. The number of rotatable bonds is 4. The highest BCUT2D eigenvalue weighted by molar-refractivity contribution is 6.42. The predicted molar refractivity (Wildman–Crippen MR) is 86.4 cm³/mol. The van der Waals surface area contributed by atoms with E-state index in [-0.39, 0.29) is 5.91 Å². The van der Waals surface area contributed by atoms with Crippen LogP contribution in [0.1, 0.15) is 12.5 Å². The van der Waals surface area contributed by atoms with E-state index >= 15 is 0 Å². The molecule has 0 bridgehead atoms. The number of aryl methyl sites for hydroxylation is 1. The molecule has 21 heavy (non-hydrogen) atoms. The Morgan fingerprint density at radius 2 is 1.86 bits per heavy atom. The molecule has 0 saturated carbocycles. The minimum Gasteiger partial charge on any atom is -0.481 e. The Morgan fingerprint density at radius 3 is 2.52 bits per heavy atom. The largest absolute Gasteiger partial charge is 0.481 e. The average molecular weight is 324 g/mol. The van der Waals surface area contributed by atoms with E-state index in [0.29, 0.717) is 21.5 Å². The molecule has 1 atom stereocenters. The zero-order valence-electron chi connectivity index (χ0n) is 11.7. The lowest BCUT2D eigenvalue weighted by Crippen LogP contribution is -2.30. The van der Waals surface area contributed by atoms with Crippen LogP contribution in [-0.4, -0.2) is 12.0 Å². The standard InChI is InChI=1S/C16H15Cl2NO2/c1-10-5-3-4-6-15(10)21-11(2)16(20)19-12-7-8-13(17)14(18)9-12/h3-9,11H,1-2H3,(H,19,20)/t11-/m1/s1. The predicted octanol–water partition coefficient (Wildman–Crippen LogP) is 4.71. The minimum absolute atomic E-state index is 0.253. The van der Waals surface area contributed by atoms with Gasteiger partial charge in [0.2, 0.25) is 0 Å². The number of para-hydroxylation sites is 1. The van der Waals surface area contributed by atoms with Crippen molar-refractivity contribution >= 4 is 34.8 Å². The van der Waals surface area contributed by atoms with Crippen LogP contribution in [0.25, 0.3) is 0 Å². The molecule has 5 heteroatoms. The first-order valence-electron chi connectivity index (χ1n) is 6.45. The SMILES string of the molecule is Cc1ccccc1O[C@H](C)C(=O)Nc1ccc(Cl)c(Cl)c1. The first-order valence-corrected chi connectivity index (χ1v) is 7.21. The first-order chi connectivity index (χ1) is 9.97. The quantitative estimate of drug-likeness (QED) is 0.885. The van der Waals surface area contributed by atoms with E-state index in [1.165, 1.54) is 0 Å². The van der Waals surface area contributed by atoms with Crippen LogP contribution >= 0.6 is 23.2 Å². The summed E-state index contributed by atoms with van der Waals surface area (Å²) in [5.74, 6) is 0.436. The molecule has 0 aliphatic carbocycles. The average Bonchev–Trinajstić information content (AvgIpc) is 2.45. The van der Waals surface area contributed by atoms with Gasteiger partial charge in [-0.3, -0.25) is 4.79 Å². The molecule has 110 valence electrons. The number of halogens is 2. The molecule has 0 heterocycles. The lowest BCUT2D eigenvalue weighted by atomic mass is 10.2. The number of nitrogens with one attached hydrogen (secondary N) is 1. The van der Waals surface area contributed by atoms with Crippen LogP contribution in [0.4, 0.5) is 5.69 Å². The van der Waals surface area contributed by atoms with Crippen molar-refractivity contribution in [3.8, 4) is 5.75 Å². The Morgan fingerprint density at radius 1 is 1.14 bits per heavy atom. The number of anilines is 1. The second-order valence-electron chi connectivity index (χ2n) is 4.64. The first kappa shape index (κ1) is 15.7. The molecule has 0 aromatic heterocycles. The Hall–Kier alpha value is -1.71. The molecular formula is C16H15Cl2NO2. The third kappa shape index (κ3) is 4.13. The summed E-state index contributed by atoms with van der Waals surface area (Å²) in [6.45, 7) is 3.62. The van der Waals surface area contributed by atoms with Crippen molar-refractivity contribution < 1.29 is 9.53 Å². The molecule has 0 unspecified atom stereocenters. The van der Waals surface area contributed by atoms with Gasteiger partial charge >= 0.3 is 0 Å². The van der Waals surface area contributed by atoms with Crippen molar-refractivity contribution in [1.29, 1.82) is 0 Å². The van der Waals surface area contributed by atoms with E-state index in [1.54, 1.807) is 25.1 Å². The van der Waals surface area contributed by atoms with Crippen LogP contribution in [0, 0.1) is 6.92 Å². The van der Waals surface area contributed by atoms with Crippen molar-refractivity contribution in [1.82, 2.24) is 0 Å². The van der Waals surface area contributed by atoms with Crippen LogP contribution in [-0.2, 0) is 4.79 Å². The van der Waals surface area contributed by atoms with Gasteiger partial charge in [-0.25, -0.2) is 0 Å². The highest BCUT2D eigenvalue weighted by atomic mass is 35.5. The zero-order valence-corrected chi connectivity index (χ0v) is 13.2. The minimum atomic E-state index is -0.624. The molecule has 0 radical (unpaired) electrons. The fourth-order valence-electron chi connectivity index (χ4n) is 1.75. The summed E-state index contributed by atoms with van der Waals surface area (Å²) in [6.07, 6.45) is -0.624. The molecule has 0 aliphatic heterocycles. The lowest BCUT2D eigenvalue weighted by molar-refractivity contribution is -0.122. The maximum Gasteiger partial charge on any atom is 0.265 e. The Labute approximate surface area is 133 Å². The zero-order chi connectivity index (χ0) is 15.4. The van der Waals surface area contributed by atoms with Gasteiger partial charge in [-0.1, -0.05) is 41.4 Å². The maximum absolute atomic E-state index is 12.1. The summed E-state index contributed by atoms with van der Waals surface area (Å²) in [4.78, 5) is 12.1. The third-order valence-electron chi connectivity index (χ3n) is 2.95. The fourth-order valence-corrected chi connectivity index (χ4v) is 2.05. The second kappa shape index (κ2) is 6.83. The molecule has 0 fully saturated rings. The van der Waals surface area contributed by atoms with E-state index in [4.69, 9.17) is 27.9 Å². The van der Waals surface area contributed by atoms with Crippen molar-refractivity contribution in [2.24, 2.45) is 0 Å². The molecule has 2 aromatic rings. The molecule has 0 saturated heterocycles. The van der Waals surface area contributed by atoms with Crippen molar-refractivity contribution in [3.05, 3.63) is 58.1 Å². The summed E-state index contributed by atoms with van der Waals surface area (Å²) >= 11 is 11.7.